The number of rotatable bonds is 9. The van der Waals surface area contributed by atoms with E-state index in [1.807, 2.05) is 0 Å². The molecule has 0 spiro atoms. The summed E-state index contributed by atoms with van der Waals surface area (Å²) in [4.78, 5) is 30.5. The Morgan fingerprint density at radius 1 is 0.969 bits per heavy atom. The molecule has 0 saturated heterocycles. The molecule has 0 fully saturated rings. The molecule has 2 unspecified atom stereocenters. The van der Waals surface area contributed by atoms with Crippen molar-refractivity contribution >= 4 is 12.1 Å². The lowest BCUT2D eigenvalue weighted by molar-refractivity contribution is -0.284. The van der Waals surface area contributed by atoms with Crippen LogP contribution in [0.1, 0.15) is 45.7 Å². The average Bonchev–Trinajstić information content (AvgIpc) is 2.73. The Morgan fingerprint density at radius 2 is 1.44 bits per heavy atom. The fourth-order valence-corrected chi connectivity index (χ4v) is 3.51. The molecule has 0 aliphatic carbocycles. The minimum Gasteiger partial charge on any atom is -0.479 e. The normalized spacial score (nSPS) is 14.0. The molecular formula is C24H31NO7. The number of aliphatic carboxylic acids is 1. The second-order valence-electron chi connectivity index (χ2n) is 8.18. The molecule has 0 amide bonds. The number of hydrogen-bond donors (Lipinski definition) is 2. The van der Waals surface area contributed by atoms with Gasteiger partial charge in [-0.1, -0.05) is 65.7 Å². The lowest BCUT2D eigenvalue weighted by Crippen LogP contribution is -2.61. The van der Waals surface area contributed by atoms with E-state index >= 15 is 0 Å². The number of aliphatic hydroxyl groups excluding tert-OH is 1. The number of carbonyl (C=O) groups excluding carboxylic acids is 1. The standard InChI is InChI=1S/C24H31NO7/c1-6-30-17(2)25(32-22(29)31-23(3,4)5)24(20(26)21(27)28,18-13-9-7-10-14-18)19-15-11-8-12-16-19/h7-17,20,26H,6H2,1-5H3,(H,27,28). The number of benzene rings is 2. The van der Waals surface area contributed by atoms with Crippen molar-refractivity contribution in [2.24, 2.45) is 0 Å². The second-order valence-corrected chi connectivity index (χ2v) is 8.18. The number of hydrogen-bond acceptors (Lipinski definition) is 7. The number of ether oxygens (including phenoxy) is 2. The van der Waals surface area contributed by atoms with Gasteiger partial charge in [-0.2, -0.15) is 0 Å². The van der Waals surface area contributed by atoms with E-state index in [9.17, 15) is 19.8 Å². The first-order valence-corrected chi connectivity index (χ1v) is 10.4. The van der Waals surface area contributed by atoms with Gasteiger partial charge in [-0.25, -0.2) is 9.59 Å². The predicted molar refractivity (Wildman–Crippen MR) is 118 cm³/mol. The first-order valence-electron chi connectivity index (χ1n) is 10.4. The lowest BCUT2D eigenvalue weighted by Gasteiger charge is -2.46. The molecule has 2 aromatic rings. The van der Waals surface area contributed by atoms with E-state index in [-0.39, 0.29) is 6.61 Å². The summed E-state index contributed by atoms with van der Waals surface area (Å²) < 4.78 is 11.0. The SMILES string of the molecule is CCOC(C)N(OC(=O)OC(C)(C)C)C(c1ccccc1)(c1ccccc1)C(O)C(=O)O. The van der Waals surface area contributed by atoms with Gasteiger partial charge in [-0.05, 0) is 45.7 Å². The summed E-state index contributed by atoms with van der Waals surface area (Å²) in [5.74, 6) is -1.50. The van der Waals surface area contributed by atoms with Crippen LogP contribution in [-0.2, 0) is 24.6 Å². The molecule has 2 aromatic carbocycles. The molecule has 2 N–H and O–H groups in total. The molecule has 0 heterocycles. The van der Waals surface area contributed by atoms with E-state index in [2.05, 4.69) is 0 Å². The van der Waals surface area contributed by atoms with Gasteiger partial charge >= 0.3 is 12.1 Å². The lowest BCUT2D eigenvalue weighted by atomic mass is 9.77. The number of carboxylic acid groups (broad SMARTS) is 1. The Bertz CT molecular complexity index is 841. The van der Waals surface area contributed by atoms with E-state index in [0.29, 0.717) is 11.1 Å². The third-order valence-electron chi connectivity index (χ3n) is 4.71. The van der Waals surface area contributed by atoms with Gasteiger partial charge in [-0.15, -0.1) is 0 Å². The Morgan fingerprint density at radius 3 is 1.81 bits per heavy atom. The second kappa shape index (κ2) is 10.6. The van der Waals surface area contributed by atoms with Gasteiger partial charge in [-0.3, -0.25) is 0 Å². The van der Waals surface area contributed by atoms with Crippen LogP contribution in [0.25, 0.3) is 0 Å². The zero-order valence-corrected chi connectivity index (χ0v) is 19.0. The van der Waals surface area contributed by atoms with Crippen LogP contribution in [-0.4, -0.2) is 51.9 Å². The van der Waals surface area contributed by atoms with Crippen molar-refractivity contribution in [3.63, 3.8) is 0 Å². The highest BCUT2D eigenvalue weighted by molar-refractivity contribution is 5.76. The molecule has 0 saturated carbocycles. The summed E-state index contributed by atoms with van der Waals surface area (Å²) >= 11 is 0. The molecular weight excluding hydrogens is 414 g/mol. The van der Waals surface area contributed by atoms with Crippen molar-refractivity contribution in [2.45, 2.75) is 58.1 Å². The average molecular weight is 446 g/mol. The monoisotopic (exact) mass is 445 g/mol. The van der Waals surface area contributed by atoms with Gasteiger partial charge in [0.2, 0.25) is 0 Å². The number of carboxylic acids is 1. The molecule has 2 atom stereocenters. The Kier molecular flexibility index (Phi) is 8.38. The van der Waals surface area contributed by atoms with E-state index in [4.69, 9.17) is 14.3 Å². The van der Waals surface area contributed by atoms with Crippen LogP contribution in [0.2, 0.25) is 0 Å². The van der Waals surface area contributed by atoms with E-state index in [1.54, 1.807) is 95.3 Å². The van der Waals surface area contributed by atoms with Crippen molar-refractivity contribution in [2.75, 3.05) is 6.61 Å². The summed E-state index contributed by atoms with van der Waals surface area (Å²) in [5, 5.41) is 22.1. The van der Waals surface area contributed by atoms with Gasteiger partial charge in [0, 0.05) is 6.61 Å². The van der Waals surface area contributed by atoms with Crippen molar-refractivity contribution in [1.82, 2.24) is 5.06 Å². The molecule has 8 heteroatoms. The molecule has 0 aromatic heterocycles. The third kappa shape index (κ3) is 5.64. The molecule has 0 aliphatic rings. The summed E-state index contributed by atoms with van der Waals surface area (Å²) in [6, 6.07) is 17.0. The largest absolute Gasteiger partial charge is 0.528 e. The van der Waals surface area contributed by atoms with E-state index in [0.717, 1.165) is 5.06 Å². The zero-order chi connectivity index (χ0) is 23.9. The first kappa shape index (κ1) is 25.3. The number of carbonyl (C=O) groups is 2. The number of hydroxylamine groups is 2. The molecule has 2 rings (SSSR count). The van der Waals surface area contributed by atoms with Crippen LogP contribution in [0.4, 0.5) is 4.79 Å². The molecule has 32 heavy (non-hydrogen) atoms. The number of aliphatic hydroxyl groups is 1. The van der Waals surface area contributed by atoms with Crippen molar-refractivity contribution < 1.29 is 34.1 Å². The van der Waals surface area contributed by atoms with Crippen molar-refractivity contribution in [3.8, 4) is 0 Å². The zero-order valence-electron chi connectivity index (χ0n) is 19.0. The minimum atomic E-state index is -2.03. The Hall–Kier alpha value is -2.94. The molecule has 174 valence electrons. The maximum atomic E-state index is 12.7. The molecule has 0 bridgehead atoms. The van der Waals surface area contributed by atoms with Gasteiger partial charge in [0.05, 0.1) is 0 Å². The van der Waals surface area contributed by atoms with Crippen LogP contribution in [0.5, 0.6) is 0 Å². The van der Waals surface area contributed by atoms with Crippen LogP contribution < -0.4 is 0 Å². The predicted octanol–water partition coefficient (Wildman–Crippen LogP) is 3.93. The van der Waals surface area contributed by atoms with E-state index < -0.39 is 35.6 Å². The van der Waals surface area contributed by atoms with Gasteiger partial charge in [0.1, 0.15) is 17.4 Å². The highest BCUT2D eigenvalue weighted by Gasteiger charge is 2.54. The van der Waals surface area contributed by atoms with Crippen molar-refractivity contribution in [1.29, 1.82) is 0 Å². The highest BCUT2D eigenvalue weighted by Crippen LogP contribution is 2.41. The quantitative estimate of drug-likeness (QED) is 0.340. The minimum absolute atomic E-state index is 0.248. The van der Waals surface area contributed by atoms with Gasteiger partial charge in [0.25, 0.3) is 0 Å². The molecule has 0 radical (unpaired) electrons. The van der Waals surface area contributed by atoms with E-state index in [1.165, 1.54) is 0 Å². The van der Waals surface area contributed by atoms with Gasteiger partial charge in [0.15, 0.2) is 6.10 Å². The summed E-state index contributed by atoms with van der Waals surface area (Å²) in [5.41, 5.74) is -1.93. The Balaban J connectivity index is 2.81. The smallest absolute Gasteiger partial charge is 0.479 e. The fourth-order valence-electron chi connectivity index (χ4n) is 3.51. The van der Waals surface area contributed by atoms with Gasteiger partial charge < -0.3 is 24.5 Å². The van der Waals surface area contributed by atoms with Crippen molar-refractivity contribution in [3.05, 3.63) is 71.8 Å². The van der Waals surface area contributed by atoms with Crippen LogP contribution in [0, 0.1) is 0 Å². The maximum absolute atomic E-state index is 12.7. The first-order chi connectivity index (χ1) is 15.0. The number of nitrogens with zero attached hydrogens (tertiary/aromatic N) is 1. The third-order valence-corrected chi connectivity index (χ3v) is 4.71. The summed E-state index contributed by atoms with van der Waals surface area (Å²) in [7, 11) is 0. The van der Waals surface area contributed by atoms with Crippen LogP contribution in [0.15, 0.2) is 60.7 Å². The fraction of sp³-hybridized carbons (Fsp3) is 0.417. The summed E-state index contributed by atoms with van der Waals surface area (Å²) in [6.45, 7) is 8.64. The molecule has 8 nitrogen and oxygen atoms in total. The molecule has 0 aliphatic heterocycles. The highest BCUT2D eigenvalue weighted by atomic mass is 16.8. The topological polar surface area (TPSA) is 106 Å². The van der Waals surface area contributed by atoms with Crippen LogP contribution >= 0.6 is 0 Å². The summed E-state index contributed by atoms with van der Waals surface area (Å²) in [6.07, 6.45) is -4.03. The maximum Gasteiger partial charge on any atom is 0.528 e. The Labute approximate surface area is 188 Å². The van der Waals surface area contributed by atoms with Crippen LogP contribution in [0.3, 0.4) is 0 Å².